The summed E-state index contributed by atoms with van der Waals surface area (Å²) in [4.78, 5) is 0. The van der Waals surface area contributed by atoms with Crippen LogP contribution < -0.4 is 0 Å². The van der Waals surface area contributed by atoms with Crippen molar-refractivity contribution in [3.63, 3.8) is 0 Å². The summed E-state index contributed by atoms with van der Waals surface area (Å²) in [5.41, 5.74) is 15.6. The summed E-state index contributed by atoms with van der Waals surface area (Å²) in [7, 11) is 0. The van der Waals surface area contributed by atoms with Crippen molar-refractivity contribution >= 4 is 49.7 Å². The van der Waals surface area contributed by atoms with Crippen molar-refractivity contribution in [3.8, 4) is 16.8 Å². The van der Waals surface area contributed by atoms with Crippen molar-refractivity contribution in [3.05, 3.63) is 179 Å². The number of aromatic nitrogens is 1. The van der Waals surface area contributed by atoms with Crippen LogP contribution in [0, 0.1) is 6.92 Å². The molecule has 1 nitrogen and oxygen atoms in total. The lowest BCUT2D eigenvalue weighted by Gasteiger charge is -2.13. The van der Waals surface area contributed by atoms with Crippen LogP contribution in [0.1, 0.15) is 75.4 Å². The molecule has 0 spiro atoms. The number of allylic oxidation sites excluding steroid dienone is 7. The van der Waals surface area contributed by atoms with E-state index in [2.05, 4.69) is 184 Å². The molecule has 1 heterocycles. The maximum atomic E-state index is 2.49. The highest BCUT2D eigenvalue weighted by molar-refractivity contribution is 5.99. The number of fused-ring (bicyclic) bond motifs is 5. The van der Waals surface area contributed by atoms with Gasteiger partial charge in [0, 0.05) is 28.8 Å². The van der Waals surface area contributed by atoms with Gasteiger partial charge in [0.2, 0.25) is 0 Å². The molecule has 0 bridgehead atoms. The molecule has 0 saturated heterocycles. The van der Waals surface area contributed by atoms with E-state index in [0.717, 1.165) is 19.3 Å². The number of hydrogen-bond acceptors (Lipinski definition) is 0. The number of benzene rings is 6. The second-order valence-electron chi connectivity index (χ2n) is 13.6. The molecule has 0 fully saturated rings. The minimum Gasteiger partial charge on any atom is -0.313 e. The summed E-state index contributed by atoms with van der Waals surface area (Å²) in [5.74, 6) is 0. The van der Waals surface area contributed by atoms with Crippen molar-refractivity contribution in [1.29, 1.82) is 0 Å². The van der Waals surface area contributed by atoms with Gasteiger partial charge in [0.15, 0.2) is 0 Å². The van der Waals surface area contributed by atoms with E-state index in [-0.39, 0.29) is 0 Å². The van der Waals surface area contributed by atoms with Crippen LogP contribution in [-0.2, 0) is 6.42 Å². The fourth-order valence-corrected chi connectivity index (χ4v) is 7.72. The minimum atomic E-state index is 0.881. The standard InChI is InChI=1S/C49H43N.C2H6/c1-5-7-13-36-29-39(21-20-33(36)3)42-25-24-40-30-37(22-23-41(40)31-42)34(4)28-43-16-12-19-48-49(45(43)6-2)46-17-10-11-18-47(46)50(48)44-27-26-35-14-8-9-15-38(35)32-44;1-2/h7-18,20-32H,5-6,19H2,1-4H3;1-2H3/b13-7-,34-28+;. The molecule has 0 amide bonds. The molecule has 52 heavy (non-hydrogen) atoms. The topological polar surface area (TPSA) is 4.93 Å². The molecule has 0 saturated carbocycles. The first kappa shape index (κ1) is 34.8. The molecule has 1 aromatic heterocycles. The highest BCUT2D eigenvalue weighted by atomic mass is 15.0. The first-order chi connectivity index (χ1) is 25.5. The first-order valence-electron chi connectivity index (χ1n) is 19.0. The first-order valence-corrected chi connectivity index (χ1v) is 19.0. The predicted octanol–water partition coefficient (Wildman–Crippen LogP) is 14.7. The zero-order valence-corrected chi connectivity index (χ0v) is 31.5. The Kier molecular flexibility index (Phi) is 10.2. The summed E-state index contributed by atoms with van der Waals surface area (Å²) < 4.78 is 2.49. The summed E-state index contributed by atoms with van der Waals surface area (Å²) >= 11 is 0. The lowest BCUT2D eigenvalue weighted by atomic mass is 9.93. The summed E-state index contributed by atoms with van der Waals surface area (Å²) in [5, 5.41) is 6.38. The van der Waals surface area contributed by atoms with Crippen LogP contribution in [0.25, 0.3) is 66.5 Å². The van der Waals surface area contributed by atoms with Crippen LogP contribution in [-0.4, -0.2) is 4.57 Å². The van der Waals surface area contributed by atoms with Crippen LogP contribution in [0.4, 0.5) is 0 Å². The highest BCUT2D eigenvalue weighted by Crippen LogP contribution is 2.40. The highest BCUT2D eigenvalue weighted by Gasteiger charge is 2.23. The quantitative estimate of drug-likeness (QED) is 0.158. The van der Waals surface area contributed by atoms with Crippen molar-refractivity contribution in [2.45, 2.75) is 60.8 Å². The monoisotopic (exact) mass is 675 g/mol. The number of rotatable bonds is 7. The number of nitrogens with zero attached hydrogens (tertiary/aromatic N) is 1. The Morgan fingerprint density at radius 1 is 0.712 bits per heavy atom. The lowest BCUT2D eigenvalue weighted by molar-refractivity contribution is 1.000. The van der Waals surface area contributed by atoms with Crippen molar-refractivity contribution in [2.75, 3.05) is 0 Å². The van der Waals surface area contributed by atoms with Gasteiger partial charge < -0.3 is 4.57 Å². The molecule has 1 aliphatic rings. The van der Waals surface area contributed by atoms with Crippen LogP contribution in [0.5, 0.6) is 0 Å². The molecule has 6 aromatic carbocycles. The van der Waals surface area contributed by atoms with E-state index in [9.17, 15) is 0 Å². The van der Waals surface area contributed by atoms with Gasteiger partial charge in [-0.1, -0.05) is 143 Å². The maximum absolute atomic E-state index is 2.49. The molecule has 7 aromatic rings. The van der Waals surface area contributed by atoms with E-state index in [1.54, 1.807) is 0 Å². The Hall–Kier alpha value is -5.66. The Balaban J connectivity index is 0.00000207. The second-order valence-corrected chi connectivity index (χ2v) is 13.6. The van der Waals surface area contributed by atoms with Crippen LogP contribution in [0.3, 0.4) is 0 Å². The van der Waals surface area contributed by atoms with Gasteiger partial charge in [-0.2, -0.15) is 0 Å². The Bertz CT molecular complexity index is 2540. The third kappa shape index (κ3) is 6.60. The van der Waals surface area contributed by atoms with Crippen LogP contribution in [0.2, 0.25) is 0 Å². The maximum Gasteiger partial charge on any atom is 0.0537 e. The largest absolute Gasteiger partial charge is 0.313 e. The zero-order chi connectivity index (χ0) is 36.2. The van der Waals surface area contributed by atoms with Crippen molar-refractivity contribution < 1.29 is 0 Å². The second kappa shape index (κ2) is 15.3. The molecule has 0 atom stereocenters. The lowest BCUT2D eigenvalue weighted by Crippen LogP contribution is -2.01. The normalized spacial score (nSPS) is 13.2. The van der Waals surface area contributed by atoms with Gasteiger partial charge >= 0.3 is 0 Å². The van der Waals surface area contributed by atoms with Gasteiger partial charge in [-0.25, -0.2) is 0 Å². The van der Waals surface area contributed by atoms with E-state index in [4.69, 9.17) is 0 Å². The SMILES string of the molecule is CC.CC/C=C\c1cc(-c2ccc3cc(/C(C)=C/C4=C(CC)c5c(n(-c6ccc7ccccc7c6)c6ccccc56)CC=C4)ccc3c2)ccc1C. The van der Waals surface area contributed by atoms with Gasteiger partial charge in [-0.05, 0) is 129 Å². The van der Waals surface area contributed by atoms with Crippen LogP contribution in [0.15, 0.2) is 151 Å². The fourth-order valence-electron chi connectivity index (χ4n) is 7.72. The van der Waals surface area contributed by atoms with Gasteiger partial charge in [0.25, 0.3) is 0 Å². The number of para-hydroxylation sites is 1. The molecule has 0 N–H and O–H groups in total. The van der Waals surface area contributed by atoms with Crippen molar-refractivity contribution in [2.24, 2.45) is 0 Å². The molecule has 1 heteroatoms. The Morgan fingerprint density at radius 2 is 1.40 bits per heavy atom. The van der Waals surface area contributed by atoms with E-state index in [1.165, 1.54) is 93.9 Å². The average molecular weight is 676 g/mol. The summed E-state index contributed by atoms with van der Waals surface area (Å²) in [6.45, 7) is 12.9. The average Bonchev–Trinajstić information content (AvgIpc) is 3.40. The van der Waals surface area contributed by atoms with E-state index < -0.39 is 0 Å². The minimum absolute atomic E-state index is 0.881. The third-order valence-electron chi connectivity index (χ3n) is 10.4. The molecule has 1 aliphatic carbocycles. The molecular formula is C51H49N. The Labute approximate surface area is 310 Å². The summed E-state index contributed by atoms with van der Waals surface area (Å²) in [6.07, 6.45) is 14.5. The van der Waals surface area contributed by atoms with Crippen molar-refractivity contribution in [1.82, 2.24) is 4.57 Å². The van der Waals surface area contributed by atoms with E-state index in [1.807, 2.05) is 13.8 Å². The molecule has 258 valence electrons. The van der Waals surface area contributed by atoms with E-state index >= 15 is 0 Å². The third-order valence-corrected chi connectivity index (χ3v) is 10.4. The molecule has 0 aliphatic heterocycles. The van der Waals surface area contributed by atoms with Gasteiger partial charge in [-0.3, -0.25) is 0 Å². The van der Waals surface area contributed by atoms with E-state index in [0.29, 0.717) is 0 Å². The molecule has 0 radical (unpaired) electrons. The molecular weight excluding hydrogens is 627 g/mol. The van der Waals surface area contributed by atoms with Gasteiger partial charge in [-0.15, -0.1) is 0 Å². The predicted molar refractivity (Wildman–Crippen MR) is 229 cm³/mol. The fraction of sp³-hybridized carbons (Fsp3) is 0.176. The van der Waals surface area contributed by atoms with Crippen LogP contribution >= 0.6 is 0 Å². The van der Waals surface area contributed by atoms with Gasteiger partial charge in [0.05, 0.1) is 5.52 Å². The number of aryl methyl sites for hydroxylation is 1. The number of hydrogen-bond donors (Lipinski definition) is 0. The molecule has 0 unspecified atom stereocenters. The summed E-state index contributed by atoms with van der Waals surface area (Å²) in [6, 6.07) is 45.0. The smallest absolute Gasteiger partial charge is 0.0537 e. The Morgan fingerprint density at radius 3 is 2.23 bits per heavy atom. The molecule has 8 rings (SSSR count). The zero-order valence-electron chi connectivity index (χ0n) is 31.5. The van der Waals surface area contributed by atoms with Gasteiger partial charge in [0.1, 0.15) is 0 Å².